The van der Waals surface area contributed by atoms with Crippen molar-refractivity contribution in [1.82, 2.24) is 5.01 Å². The summed E-state index contributed by atoms with van der Waals surface area (Å²) < 4.78 is 19.8. The van der Waals surface area contributed by atoms with Crippen LogP contribution in [0.1, 0.15) is 29.9 Å². The third kappa shape index (κ3) is 6.42. The summed E-state index contributed by atoms with van der Waals surface area (Å²) in [5.41, 5.74) is 5.46. The molecular weight excluding hydrogens is 799 g/mol. The normalized spacial score (nSPS) is 24.4. The van der Waals surface area contributed by atoms with Gasteiger partial charge in [0.2, 0.25) is 11.8 Å². The molecule has 308 valence electrons. The molecule has 0 radical (unpaired) electrons. The summed E-state index contributed by atoms with van der Waals surface area (Å²) in [4.78, 5) is 62.7. The number of carbonyl (C=O) groups excluding carboxylic acids is 4. The van der Waals surface area contributed by atoms with E-state index in [9.17, 15) is 23.9 Å². The number of aromatic hydroxyl groups is 1. The molecule has 9 rings (SSSR count). The molecule has 61 heavy (non-hydrogen) atoms. The fourth-order valence-electron chi connectivity index (χ4n) is 9.83. The maximum Gasteiger partial charge on any atom is 0.260 e. The average Bonchev–Trinajstić information content (AvgIpc) is 3.64. The van der Waals surface area contributed by atoms with Crippen LogP contribution in [0.4, 0.5) is 32.8 Å². The van der Waals surface area contributed by atoms with Crippen LogP contribution in [0.25, 0.3) is 0 Å². The first kappa shape index (κ1) is 39.6. The number of anilines is 3. The maximum absolute atomic E-state index is 15.4. The van der Waals surface area contributed by atoms with Gasteiger partial charge < -0.3 is 14.7 Å². The van der Waals surface area contributed by atoms with E-state index in [0.29, 0.717) is 38.9 Å². The van der Waals surface area contributed by atoms with Crippen LogP contribution < -0.4 is 20.0 Å². The van der Waals surface area contributed by atoms with Crippen LogP contribution in [-0.4, -0.2) is 54.9 Å². The molecule has 14 heteroatoms. The van der Waals surface area contributed by atoms with E-state index in [1.165, 1.54) is 42.3 Å². The molecule has 1 saturated carbocycles. The van der Waals surface area contributed by atoms with E-state index in [1.807, 2.05) is 49.3 Å². The quantitative estimate of drug-likeness (QED) is 0.0852. The molecule has 6 atom stereocenters. The number of imide groups is 2. The Morgan fingerprint density at radius 3 is 2.11 bits per heavy atom. The zero-order valence-electron chi connectivity index (χ0n) is 33.3. The van der Waals surface area contributed by atoms with Crippen molar-refractivity contribution in [3.8, 4) is 11.5 Å². The largest absolute Gasteiger partial charge is 0.508 e. The number of fused-ring (bicyclic) bond motifs is 4. The molecule has 3 fully saturated rings. The molecule has 4 aliphatic rings. The maximum atomic E-state index is 15.4. The number of allylic oxidation sites excluding steroid dienone is 2. The van der Waals surface area contributed by atoms with E-state index in [0.717, 1.165) is 10.7 Å². The second kappa shape index (κ2) is 15.3. The Morgan fingerprint density at radius 1 is 0.820 bits per heavy atom. The molecule has 5 aromatic carbocycles. The Hall–Kier alpha value is -6.86. The number of nitrogens with one attached hydrogen (secondary N) is 1. The summed E-state index contributed by atoms with van der Waals surface area (Å²) >= 11 is 6.40. The summed E-state index contributed by atoms with van der Waals surface area (Å²) in [7, 11) is 5.36. The molecule has 2 aliphatic heterocycles. The van der Waals surface area contributed by atoms with Crippen LogP contribution in [-0.2, 0) is 24.6 Å². The van der Waals surface area contributed by atoms with Gasteiger partial charge in [-0.25, -0.2) is 4.39 Å². The van der Waals surface area contributed by atoms with E-state index in [4.69, 9.17) is 16.3 Å². The fourth-order valence-corrected chi connectivity index (χ4v) is 9.95. The zero-order chi connectivity index (χ0) is 42.7. The number of amides is 4. The molecule has 2 saturated heterocycles. The predicted octanol–water partition coefficient (Wildman–Crippen LogP) is 8.86. The van der Waals surface area contributed by atoms with Crippen molar-refractivity contribution in [3.05, 3.63) is 149 Å². The minimum atomic E-state index is -1.69. The topological polar surface area (TPSA) is 144 Å². The Balaban J connectivity index is 1.12. The van der Waals surface area contributed by atoms with Gasteiger partial charge in [0, 0.05) is 36.3 Å². The lowest BCUT2D eigenvalue weighted by Gasteiger charge is -2.50. The number of phenolic OH excluding ortho intramolecular Hbond substituents is 1. The smallest absolute Gasteiger partial charge is 0.260 e. The van der Waals surface area contributed by atoms with Gasteiger partial charge in [-0.1, -0.05) is 41.4 Å². The van der Waals surface area contributed by atoms with Crippen LogP contribution in [0.15, 0.2) is 137 Å². The van der Waals surface area contributed by atoms with Crippen molar-refractivity contribution in [2.45, 2.75) is 24.2 Å². The summed E-state index contributed by atoms with van der Waals surface area (Å²) in [6.07, 6.45) is 2.09. The summed E-state index contributed by atoms with van der Waals surface area (Å²) in [5.74, 6) is -6.91. The number of rotatable bonds is 9. The summed E-state index contributed by atoms with van der Waals surface area (Å²) in [5, 5.41) is 21.8. The van der Waals surface area contributed by atoms with Crippen molar-refractivity contribution in [2.75, 3.05) is 36.4 Å². The number of hydrazine groups is 1. The van der Waals surface area contributed by atoms with Gasteiger partial charge in [-0.05, 0) is 121 Å². The second-order valence-corrected chi connectivity index (χ2v) is 16.3. The molecule has 2 N–H and O–H groups in total. The first-order valence-corrected chi connectivity index (χ1v) is 20.2. The number of halogens is 2. The Bertz CT molecular complexity index is 2640. The van der Waals surface area contributed by atoms with Crippen molar-refractivity contribution < 1.29 is 33.4 Å². The van der Waals surface area contributed by atoms with Crippen LogP contribution in [0, 0.1) is 29.5 Å². The van der Waals surface area contributed by atoms with E-state index in [1.54, 1.807) is 60.7 Å². The third-order valence-corrected chi connectivity index (χ3v) is 12.8. The fraction of sp³-hybridized carbons (Fsp3) is 0.234. The number of hydrogen-bond donors (Lipinski definition) is 2. The van der Waals surface area contributed by atoms with E-state index in [2.05, 4.69) is 15.7 Å². The van der Waals surface area contributed by atoms with Gasteiger partial charge in [-0.15, -0.1) is 0 Å². The van der Waals surface area contributed by atoms with Crippen LogP contribution in [0.3, 0.4) is 0 Å². The minimum Gasteiger partial charge on any atom is -0.508 e. The van der Waals surface area contributed by atoms with E-state index < -0.39 is 58.5 Å². The lowest BCUT2D eigenvalue weighted by atomic mass is 9.49. The lowest BCUT2D eigenvalue weighted by Crippen LogP contribution is -2.53. The highest BCUT2D eigenvalue weighted by atomic mass is 35.5. The van der Waals surface area contributed by atoms with E-state index in [-0.39, 0.29) is 35.8 Å². The summed E-state index contributed by atoms with van der Waals surface area (Å²) in [6, 6.07) is 31.0. The highest BCUT2D eigenvalue weighted by molar-refractivity contribution is 6.30. The Labute approximate surface area is 355 Å². The molecule has 4 amide bonds. The number of phenols is 1. The average molecular weight is 839 g/mol. The molecular formula is C47H40ClFN6O6. The number of benzene rings is 5. The molecule has 2 heterocycles. The highest BCUT2D eigenvalue weighted by Crippen LogP contribution is 2.66. The van der Waals surface area contributed by atoms with Gasteiger partial charge in [0.25, 0.3) is 11.8 Å². The van der Waals surface area contributed by atoms with Crippen molar-refractivity contribution in [2.24, 2.45) is 33.9 Å². The molecule has 12 nitrogen and oxygen atoms in total. The standard InChI is InChI=1S/C47H40ClFN6O6/c1-53(2)32-19-15-29(16-20-32)50-51-30-17-21-33(22-18-30)54-43(57)35-24-23-34-36(40(35)45(54)59)25-37-44(58)55(52-31-13-11-28(49)12-14-31)46(60)47(37,26-7-9-27(48)10-8-26)42(34)41-38(56)5-4-6-39(41)61-3/h4-23,35-37,40,42,52,56H,24-25H2,1-3H3/t35-,36+,37-,40-,42+,47+/m0/s1. The Morgan fingerprint density at radius 2 is 1.48 bits per heavy atom. The van der Waals surface area contributed by atoms with Gasteiger partial charge >= 0.3 is 0 Å². The number of carbonyl (C=O) groups is 4. The predicted molar refractivity (Wildman–Crippen MR) is 228 cm³/mol. The molecule has 0 spiro atoms. The van der Waals surface area contributed by atoms with Gasteiger partial charge in [0.1, 0.15) is 17.3 Å². The molecule has 0 aromatic heterocycles. The van der Waals surface area contributed by atoms with Crippen molar-refractivity contribution in [3.63, 3.8) is 0 Å². The van der Waals surface area contributed by atoms with Crippen LogP contribution >= 0.6 is 11.6 Å². The SMILES string of the molecule is COc1cccc(O)c1[C@H]1C2=CC[C@@H]3C(=O)N(c4ccc(N=Nc5ccc(N(C)C)cc5)cc4)C(=O)[C@@H]3[C@@H]2C[C@H]2C(=O)N(Nc3ccc(F)cc3)C(=O)[C@@]12c1ccc(Cl)cc1. The lowest BCUT2D eigenvalue weighted by molar-refractivity contribution is -0.138. The first-order valence-electron chi connectivity index (χ1n) is 19.8. The number of nitrogens with zero attached hydrogens (tertiary/aromatic N) is 5. The second-order valence-electron chi connectivity index (χ2n) is 15.9. The monoisotopic (exact) mass is 838 g/mol. The van der Waals surface area contributed by atoms with Crippen LogP contribution in [0.2, 0.25) is 5.02 Å². The number of ether oxygens (including phenoxy) is 1. The number of hydrogen-bond acceptors (Lipinski definition) is 10. The molecule has 0 unspecified atom stereocenters. The number of methoxy groups -OCH3 is 1. The van der Waals surface area contributed by atoms with Gasteiger partial charge in [-0.2, -0.15) is 15.2 Å². The van der Waals surface area contributed by atoms with Crippen molar-refractivity contribution in [1.29, 1.82) is 0 Å². The van der Waals surface area contributed by atoms with Gasteiger partial charge in [-0.3, -0.25) is 29.5 Å². The molecule has 0 bridgehead atoms. The summed E-state index contributed by atoms with van der Waals surface area (Å²) in [6.45, 7) is 0. The van der Waals surface area contributed by atoms with E-state index >= 15 is 4.79 Å². The van der Waals surface area contributed by atoms with Gasteiger partial charge in [0.15, 0.2) is 0 Å². The third-order valence-electron chi connectivity index (χ3n) is 12.6. The zero-order valence-corrected chi connectivity index (χ0v) is 34.1. The first-order chi connectivity index (χ1) is 29.4. The Kier molecular flexibility index (Phi) is 9.94. The highest BCUT2D eigenvalue weighted by Gasteiger charge is 2.71. The van der Waals surface area contributed by atoms with Crippen LogP contribution in [0.5, 0.6) is 11.5 Å². The molecule has 5 aromatic rings. The number of azo groups is 1. The van der Waals surface area contributed by atoms with Crippen molar-refractivity contribution >= 4 is 63.7 Å². The molecule has 2 aliphatic carbocycles. The van der Waals surface area contributed by atoms with Gasteiger partial charge in [0.05, 0.1) is 53.0 Å². The minimum absolute atomic E-state index is 0.0237.